The minimum absolute atomic E-state index is 0.349. The Morgan fingerprint density at radius 1 is 1.60 bits per heavy atom. The summed E-state index contributed by atoms with van der Waals surface area (Å²) in [6.07, 6.45) is 0. The first-order valence-corrected chi connectivity index (χ1v) is 5.44. The van der Waals surface area contributed by atoms with E-state index in [2.05, 4.69) is 20.7 Å². The molecular weight excluding hydrogens is 258 g/mol. The van der Waals surface area contributed by atoms with Gasteiger partial charge in [-0.2, -0.15) is 5.26 Å². The molecule has 0 amide bonds. The molecule has 3 nitrogen and oxygen atoms in total. The van der Waals surface area contributed by atoms with Crippen LogP contribution in [0.5, 0.6) is 0 Å². The summed E-state index contributed by atoms with van der Waals surface area (Å²) in [7, 11) is 1.31. The third kappa shape index (κ3) is 2.18. The van der Waals surface area contributed by atoms with Crippen molar-refractivity contribution in [1.82, 2.24) is 0 Å². The van der Waals surface area contributed by atoms with Gasteiger partial charge in [0.1, 0.15) is 6.07 Å². The second-order valence-electron chi connectivity index (χ2n) is 3.02. The fourth-order valence-electron chi connectivity index (χ4n) is 1.35. The first-order chi connectivity index (χ1) is 7.15. The van der Waals surface area contributed by atoms with Crippen LogP contribution in [0.15, 0.2) is 12.1 Å². The number of halogens is 1. The van der Waals surface area contributed by atoms with Gasteiger partial charge in [-0.05, 0) is 24.1 Å². The van der Waals surface area contributed by atoms with Crippen molar-refractivity contribution in [1.29, 1.82) is 5.26 Å². The fourth-order valence-corrected chi connectivity index (χ4v) is 2.08. The number of methoxy groups -OCH3 is 1. The molecule has 4 heteroatoms. The molecule has 0 atom stereocenters. The molecule has 15 heavy (non-hydrogen) atoms. The van der Waals surface area contributed by atoms with Crippen molar-refractivity contribution in [2.75, 3.05) is 7.11 Å². The second kappa shape index (κ2) is 4.94. The lowest BCUT2D eigenvalue weighted by Crippen LogP contribution is -2.09. The van der Waals surface area contributed by atoms with E-state index >= 15 is 0 Å². The summed E-state index contributed by atoms with van der Waals surface area (Å²) in [6.45, 7) is 1.89. The lowest BCUT2D eigenvalue weighted by atomic mass is 9.98. The molecule has 78 valence electrons. The molecule has 0 aromatic heterocycles. The SMILES string of the molecule is COC(=O)c1c(C#N)ccc(C)c1CBr. The second-order valence-corrected chi connectivity index (χ2v) is 3.58. The Bertz CT molecular complexity index is 435. The summed E-state index contributed by atoms with van der Waals surface area (Å²) >= 11 is 3.30. The van der Waals surface area contributed by atoms with Gasteiger partial charge in [-0.1, -0.05) is 22.0 Å². The molecule has 0 heterocycles. The Morgan fingerprint density at radius 3 is 2.73 bits per heavy atom. The van der Waals surface area contributed by atoms with E-state index in [1.165, 1.54) is 7.11 Å². The zero-order valence-corrected chi connectivity index (χ0v) is 10.1. The third-order valence-electron chi connectivity index (χ3n) is 2.19. The predicted molar refractivity (Wildman–Crippen MR) is 59.9 cm³/mol. The van der Waals surface area contributed by atoms with Gasteiger partial charge in [-0.3, -0.25) is 0 Å². The van der Waals surface area contributed by atoms with Gasteiger partial charge in [0, 0.05) is 5.33 Å². The van der Waals surface area contributed by atoms with Crippen molar-refractivity contribution in [3.05, 3.63) is 34.4 Å². The number of carbonyl (C=O) groups is 1. The Hall–Kier alpha value is -1.34. The van der Waals surface area contributed by atoms with Crippen molar-refractivity contribution >= 4 is 21.9 Å². The average Bonchev–Trinajstić information content (AvgIpc) is 2.27. The monoisotopic (exact) mass is 267 g/mol. The van der Waals surface area contributed by atoms with Crippen LogP contribution in [-0.4, -0.2) is 13.1 Å². The summed E-state index contributed by atoms with van der Waals surface area (Å²) in [5.41, 5.74) is 2.48. The smallest absolute Gasteiger partial charge is 0.339 e. The molecule has 1 rings (SSSR count). The van der Waals surface area contributed by atoms with Crippen LogP contribution < -0.4 is 0 Å². The van der Waals surface area contributed by atoms with E-state index in [1.54, 1.807) is 6.07 Å². The number of alkyl halides is 1. The molecule has 0 saturated heterocycles. The molecule has 0 aliphatic rings. The van der Waals surface area contributed by atoms with Crippen LogP contribution in [0.4, 0.5) is 0 Å². The number of nitriles is 1. The quantitative estimate of drug-likeness (QED) is 0.611. The Balaban J connectivity index is 3.49. The van der Waals surface area contributed by atoms with Gasteiger partial charge in [-0.25, -0.2) is 4.79 Å². The molecule has 1 aromatic carbocycles. The highest BCUT2D eigenvalue weighted by atomic mass is 79.9. The summed E-state index contributed by atoms with van der Waals surface area (Å²) in [4.78, 5) is 11.5. The highest BCUT2D eigenvalue weighted by Crippen LogP contribution is 2.22. The van der Waals surface area contributed by atoms with Crippen molar-refractivity contribution in [3.8, 4) is 6.07 Å². The average molecular weight is 268 g/mol. The van der Waals surface area contributed by atoms with E-state index in [0.29, 0.717) is 16.5 Å². The first kappa shape index (κ1) is 11.7. The number of nitrogens with zero attached hydrogens (tertiary/aromatic N) is 1. The largest absolute Gasteiger partial charge is 0.465 e. The minimum atomic E-state index is -0.468. The molecule has 0 spiro atoms. The summed E-state index contributed by atoms with van der Waals surface area (Å²) in [5.74, 6) is -0.468. The van der Waals surface area contributed by atoms with E-state index in [-0.39, 0.29) is 0 Å². The van der Waals surface area contributed by atoms with Crippen LogP contribution in [0.2, 0.25) is 0 Å². The molecule has 0 saturated carbocycles. The van der Waals surface area contributed by atoms with Crippen LogP contribution in [0.1, 0.15) is 27.0 Å². The maximum Gasteiger partial charge on any atom is 0.339 e. The predicted octanol–water partition coefficient (Wildman–Crippen LogP) is 2.55. The molecule has 0 fully saturated rings. The van der Waals surface area contributed by atoms with Crippen LogP contribution in [0.25, 0.3) is 0 Å². The van der Waals surface area contributed by atoms with Gasteiger partial charge in [0.05, 0.1) is 18.2 Å². The van der Waals surface area contributed by atoms with Crippen molar-refractivity contribution in [2.45, 2.75) is 12.3 Å². The third-order valence-corrected chi connectivity index (χ3v) is 2.75. The molecule has 0 radical (unpaired) electrons. The maximum absolute atomic E-state index is 11.5. The number of hydrogen-bond donors (Lipinski definition) is 0. The first-order valence-electron chi connectivity index (χ1n) is 4.32. The van der Waals surface area contributed by atoms with Gasteiger partial charge in [0.25, 0.3) is 0 Å². The molecular formula is C11H10BrNO2. The summed E-state index contributed by atoms with van der Waals surface area (Å²) < 4.78 is 4.67. The highest BCUT2D eigenvalue weighted by Gasteiger charge is 2.17. The van der Waals surface area contributed by atoms with Gasteiger partial charge >= 0.3 is 5.97 Å². The van der Waals surface area contributed by atoms with Crippen LogP contribution in [0, 0.1) is 18.3 Å². The minimum Gasteiger partial charge on any atom is -0.465 e. The Labute approximate surface area is 96.8 Å². The van der Waals surface area contributed by atoms with Gasteiger partial charge < -0.3 is 4.74 Å². The molecule has 0 aliphatic heterocycles. The Kier molecular flexibility index (Phi) is 3.87. The van der Waals surface area contributed by atoms with E-state index in [1.807, 2.05) is 19.1 Å². The summed E-state index contributed by atoms with van der Waals surface area (Å²) in [5, 5.41) is 9.43. The fraction of sp³-hybridized carbons (Fsp3) is 0.273. The van der Waals surface area contributed by atoms with Crippen molar-refractivity contribution in [3.63, 3.8) is 0 Å². The van der Waals surface area contributed by atoms with Crippen LogP contribution in [0.3, 0.4) is 0 Å². The summed E-state index contributed by atoms with van der Waals surface area (Å²) in [6, 6.07) is 5.44. The van der Waals surface area contributed by atoms with Crippen molar-refractivity contribution < 1.29 is 9.53 Å². The molecule has 0 bridgehead atoms. The number of ether oxygens (including phenoxy) is 1. The number of rotatable bonds is 2. The zero-order chi connectivity index (χ0) is 11.4. The normalized spacial score (nSPS) is 9.47. The van der Waals surface area contributed by atoms with Crippen LogP contribution >= 0.6 is 15.9 Å². The van der Waals surface area contributed by atoms with Gasteiger partial charge in [0.2, 0.25) is 0 Å². The number of aryl methyl sites for hydroxylation is 1. The molecule has 0 unspecified atom stereocenters. The number of benzene rings is 1. The lowest BCUT2D eigenvalue weighted by molar-refractivity contribution is 0.0599. The zero-order valence-electron chi connectivity index (χ0n) is 8.50. The van der Waals surface area contributed by atoms with E-state index in [0.717, 1.165) is 11.1 Å². The number of hydrogen-bond acceptors (Lipinski definition) is 3. The number of carbonyl (C=O) groups excluding carboxylic acids is 1. The highest BCUT2D eigenvalue weighted by molar-refractivity contribution is 9.08. The van der Waals surface area contributed by atoms with Gasteiger partial charge in [-0.15, -0.1) is 0 Å². The molecule has 1 aromatic rings. The lowest BCUT2D eigenvalue weighted by Gasteiger charge is -2.09. The molecule has 0 N–H and O–H groups in total. The standard InChI is InChI=1S/C11H10BrNO2/c1-7-3-4-8(6-13)10(9(7)5-12)11(14)15-2/h3-4H,5H2,1-2H3. The van der Waals surface area contributed by atoms with Crippen molar-refractivity contribution in [2.24, 2.45) is 0 Å². The topological polar surface area (TPSA) is 50.1 Å². The maximum atomic E-state index is 11.5. The van der Waals surface area contributed by atoms with Crippen LogP contribution in [-0.2, 0) is 10.1 Å². The van der Waals surface area contributed by atoms with E-state index in [9.17, 15) is 4.79 Å². The number of esters is 1. The van der Waals surface area contributed by atoms with E-state index in [4.69, 9.17) is 5.26 Å². The Morgan fingerprint density at radius 2 is 2.27 bits per heavy atom. The van der Waals surface area contributed by atoms with Gasteiger partial charge in [0.15, 0.2) is 0 Å². The molecule has 0 aliphatic carbocycles. The van der Waals surface area contributed by atoms with E-state index < -0.39 is 5.97 Å².